The number of carbonyl (C=O) groups is 5. The van der Waals surface area contributed by atoms with E-state index < -0.39 is 29.7 Å². The number of aromatic nitrogens is 2. The number of para-hydroxylation sites is 1. The minimum Gasteiger partial charge on any atom is -0.494 e. The first kappa shape index (κ1) is 39.8. The lowest BCUT2D eigenvalue weighted by Gasteiger charge is -2.38. The van der Waals surface area contributed by atoms with E-state index in [1.165, 1.54) is 13.1 Å². The van der Waals surface area contributed by atoms with E-state index in [-0.39, 0.29) is 18.6 Å². The van der Waals surface area contributed by atoms with Gasteiger partial charge in [0.1, 0.15) is 16.8 Å². The van der Waals surface area contributed by atoms with Crippen LogP contribution in [0.5, 0.6) is 5.75 Å². The molecule has 16 heteroatoms. The number of ether oxygens (including phenoxy) is 1. The molecule has 4 amide bonds. The third kappa shape index (κ3) is 8.43. The van der Waals surface area contributed by atoms with E-state index in [0.717, 1.165) is 81.4 Å². The van der Waals surface area contributed by atoms with Crippen LogP contribution in [0.3, 0.4) is 0 Å². The normalized spacial score (nSPS) is 18.8. The second-order valence-corrected chi connectivity index (χ2v) is 15.8. The standard InChI is InChI=1S/C43H46ClN9O6/c1-26(54)30-5-3-4-6-34(30)46-39-33(44)25-45-43(49-39)47-35-10-8-29(24-37(35)59-2)52-21-19-50(20-22-52)16-13-27-14-17-51(18-15-27)28-7-9-31-32(23-28)42(58)53(41(31)57)36-11-12-38(55)48-40(36)56/h3-10,23-25,27,36H,11-22H2,1-2H3,(H,48,55,56)(H2,45,46,47,49). The highest BCUT2D eigenvalue weighted by molar-refractivity contribution is 6.33. The lowest BCUT2D eigenvalue weighted by atomic mass is 9.92. The number of benzene rings is 3. The molecule has 4 aliphatic rings. The highest BCUT2D eigenvalue weighted by atomic mass is 35.5. The number of amides is 4. The zero-order valence-electron chi connectivity index (χ0n) is 33.0. The summed E-state index contributed by atoms with van der Waals surface area (Å²) in [6, 6.07) is 17.6. The fourth-order valence-corrected chi connectivity index (χ4v) is 8.51. The van der Waals surface area contributed by atoms with Crippen LogP contribution in [-0.2, 0) is 9.59 Å². The number of hydrogen-bond donors (Lipinski definition) is 3. The van der Waals surface area contributed by atoms with Gasteiger partial charge < -0.3 is 25.2 Å². The molecule has 5 heterocycles. The van der Waals surface area contributed by atoms with Crippen molar-refractivity contribution >= 4 is 75.5 Å². The van der Waals surface area contributed by atoms with Gasteiger partial charge in [-0.25, -0.2) is 4.98 Å². The Bertz CT molecular complexity index is 2310. The zero-order chi connectivity index (χ0) is 41.2. The molecule has 3 saturated heterocycles. The average molecular weight is 820 g/mol. The summed E-state index contributed by atoms with van der Waals surface area (Å²) in [5.74, 6) is -0.0929. The van der Waals surface area contributed by atoms with E-state index in [9.17, 15) is 24.0 Å². The number of rotatable bonds is 12. The molecule has 0 bridgehead atoms. The number of piperazine rings is 1. The second-order valence-electron chi connectivity index (χ2n) is 15.4. The molecule has 4 aliphatic heterocycles. The number of anilines is 6. The van der Waals surface area contributed by atoms with Crippen LogP contribution < -0.4 is 30.5 Å². The predicted octanol–water partition coefficient (Wildman–Crippen LogP) is 5.66. The molecule has 3 aromatic carbocycles. The fraction of sp³-hybridized carbons (Fsp3) is 0.372. The van der Waals surface area contributed by atoms with Crippen molar-refractivity contribution in [1.29, 1.82) is 0 Å². The van der Waals surface area contributed by atoms with Crippen molar-refractivity contribution in [2.75, 3.05) is 73.4 Å². The van der Waals surface area contributed by atoms with Crippen molar-refractivity contribution in [2.45, 2.75) is 45.1 Å². The quantitative estimate of drug-likeness (QED) is 0.118. The minimum atomic E-state index is -0.970. The molecule has 1 atom stereocenters. The number of halogens is 1. The summed E-state index contributed by atoms with van der Waals surface area (Å²) in [4.78, 5) is 79.8. The number of methoxy groups -OCH3 is 1. The Hall–Kier alpha value is -6.06. The first-order valence-corrected chi connectivity index (χ1v) is 20.4. The number of imide groups is 2. The van der Waals surface area contributed by atoms with Crippen molar-refractivity contribution in [1.82, 2.24) is 25.1 Å². The molecular weight excluding hydrogens is 774 g/mol. The van der Waals surface area contributed by atoms with Gasteiger partial charge in [0.05, 0.1) is 35.8 Å². The molecule has 306 valence electrons. The molecule has 3 N–H and O–H groups in total. The van der Waals surface area contributed by atoms with E-state index in [2.05, 4.69) is 46.7 Å². The third-order valence-corrected chi connectivity index (χ3v) is 12.0. The second kappa shape index (κ2) is 17.0. The van der Waals surface area contributed by atoms with Crippen molar-refractivity contribution < 1.29 is 28.7 Å². The van der Waals surface area contributed by atoms with Gasteiger partial charge in [0.25, 0.3) is 11.8 Å². The van der Waals surface area contributed by atoms with Gasteiger partial charge in [-0.2, -0.15) is 4.98 Å². The van der Waals surface area contributed by atoms with Crippen LogP contribution in [0.25, 0.3) is 0 Å². The molecule has 8 rings (SSSR count). The summed E-state index contributed by atoms with van der Waals surface area (Å²) in [5, 5.41) is 8.98. The Morgan fingerprint density at radius 2 is 1.56 bits per heavy atom. The van der Waals surface area contributed by atoms with Gasteiger partial charge in [-0.05, 0) is 87.5 Å². The maximum atomic E-state index is 13.3. The molecule has 1 unspecified atom stereocenters. The van der Waals surface area contributed by atoms with Crippen molar-refractivity contribution in [3.8, 4) is 5.75 Å². The van der Waals surface area contributed by atoms with E-state index in [1.54, 1.807) is 37.4 Å². The maximum absolute atomic E-state index is 13.3. The van der Waals surface area contributed by atoms with Crippen LogP contribution in [0, 0.1) is 5.92 Å². The van der Waals surface area contributed by atoms with E-state index in [4.69, 9.17) is 16.3 Å². The number of carbonyl (C=O) groups excluding carboxylic acids is 5. The van der Waals surface area contributed by atoms with Gasteiger partial charge in [0, 0.05) is 68.7 Å². The Kier molecular flexibility index (Phi) is 11.5. The van der Waals surface area contributed by atoms with Gasteiger partial charge in [0.2, 0.25) is 17.8 Å². The number of nitrogens with zero attached hydrogens (tertiary/aromatic N) is 6. The number of hydrogen-bond acceptors (Lipinski definition) is 13. The summed E-state index contributed by atoms with van der Waals surface area (Å²) in [6.45, 7) is 7.98. The van der Waals surface area contributed by atoms with Crippen molar-refractivity contribution in [2.24, 2.45) is 5.92 Å². The number of nitrogens with one attached hydrogen (secondary N) is 3. The molecule has 0 aliphatic carbocycles. The maximum Gasteiger partial charge on any atom is 0.262 e. The largest absolute Gasteiger partial charge is 0.494 e. The molecule has 59 heavy (non-hydrogen) atoms. The molecule has 0 radical (unpaired) electrons. The van der Waals surface area contributed by atoms with Crippen LogP contribution in [0.4, 0.5) is 34.5 Å². The number of Topliss-reactive ketones (excluding diaryl/α,β-unsaturated/α-hetero) is 1. The van der Waals surface area contributed by atoms with Crippen LogP contribution in [0.15, 0.2) is 66.9 Å². The van der Waals surface area contributed by atoms with Gasteiger partial charge in [-0.15, -0.1) is 0 Å². The van der Waals surface area contributed by atoms with Crippen LogP contribution in [0.1, 0.15) is 70.1 Å². The SMILES string of the molecule is COc1cc(N2CCN(CCC3CCN(c4ccc5c(c4)C(=O)N(C4CCC(=O)NC4=O)C5=O)CC3)CC2)ccc1Nc1ncc(Cl)c(Nc2ccccc2C(C)=O)n1. The number of ketones is 1. The lowest BCUT2D eigenvalue weighted by molar-refractivity contribution is -0.136. The van der Waals surface area contributed by atoms with Crippen molar-refractivity contribution in [3.63, 3.8) is 0 Å². The highest BCUT2D eigenvalue weighted by Gasteiger charge is 2.45. The van der Waals surface area contributed by atoms with Crippen LogP contribution >= 0.6 is 11.6 Å². The molecule has 1 aromatic heterocycles. The van der Waals surface area contributed by atoms with Gasteiger partial charge in [0.15, 0.2) is 11.6 Å². The first-order chi connectivity index (χ1) is 28.6. The summed E-state index contributed by atoms with van der Waals surface area (Å²) in [5.41, 5.74) is 4.43. The average Bonchev–Trinajstić information content (AvgIpc) is 3.49. The van der Waals surface area contributed by atoms with Gasteiger partial charge >= 0.3 is 0 Å². The first-order valence-electron chi connectivity index (χ1n) is 20.0. The zero-order valence-corrected chi connectivity index (χ0v) is 33.8. The summed E-state index contributed by atoms with van der Waals surface area (Å²) < 4.78 is 5.77. The summed E-state index contributed by atoms with van der Waals surface area (Å²) in [6.07, 6.45) is 4.94. The smallest absolute Gasteiger partial charge is 0.262 e. The van der Waals surface area contributed by atoms with E-state index >= 15 is 0 Å². The van der Waals surface area contributed by atoms with Crippen LogP contribution in [-0.4, -0.2) is 108 Å². The molecule has 0 saturated carbocycles. The molecule has 4 aromatic rings. The predicted molar refractivity (Wildman–Crippen MR) is 224 cm³/mol. The monoisotopic (exact) mass is 819 g/mol. The molecule has 3 fully saturated rings. The third-order valence-electron chi connectivity index (χ3n) is 11.7. The summed E-state index contributed by atoms with van der Waals surface area (Å²) >= 11 is 6.42. The van der Waals surface area contributed by atoms with Gasteiger partial charge in [-0.3, -0.25) is 39.1 Å². The number of fused-ring (bicyclic) bond motifs is 1. The lowest BCUT2D eigenvalue weighted by Crippen LogP contribution is -2.54. The number of piperidine rings is 2. The van der Waals surface area contributed by atoms with Crippen molar-refractivity contribution in [3.05, 3.63) is 88.6 Å². The molecular formula is C43H46ClN9O6. The Balaban J connectivity index is 0.806. The van der Waals surface area contributed by atoms with E-state index in [1.807, 2.05) is 24.3 Å². The van der Waals surface area contributed by atoms with Gasteiger partial charge in [-0.1, -0.05) is 23.7 Å². The fourth-order valence-electron chi connectivity index (χ4n) is 8.37. The minimum absolute atomic E-state index is 0.0727. The Morgan fingerprint density at radius 3 is 2.31 bits per heavy atom. The van der Waals surface area contributed by atoms with E-state index in [0.29, 0.717) is 56.5 Å². The Morgan fingerprint density at radius 1 is 0.847 bits per heavy atom. The highest BCUT2D eigenvalue weighted by Crippen LogP contribution is 2.35. The molecule has 15 nitrogen and oxygen atoms in total. The van der Waals surface area contributed by atoms with Crippen LogP contribution in [0.2, 0.25) is 5.02 Å². The Labute approximate surface area is 347 Å². The summed E-state index contributed by atoms with van der Waals surface area (Å²) in [7, 11) is 1.63. The molecule has 0 spiro atoms. The topological polar surface area (TPSA) is 169 Å².